The first kappa shape index (κ1) is 23.0. The summed E-state index contributed by atoms with van der Waals surface area (Å²) < 4.78 is 44.8. The number of aromatic nitrogens is 6. The maximum absolute atomic E-state index is 14.1. The van der Waals surface area contributed by atoms with E-state index in [1.54, 1.807) is 34.6 Å². The summed E-state index contributed by atoms with van der Waals surface area (Å²) in [7, 11) is 3.42. The van der Waals surface area contributed by atoms with Crippen LogP contribution in [-0.2, 0) is 20.5 Å². The van der Waals surface area contributed by atoms with E-state index in [9.17, 15) is 18.0 Å². The summed E-state index contributed by atoms with van der Waals surface area (Å²) in [6.07, 6.45) is 4.57. The highest BCUT2D eigenvalue weighted by Gasteiger charge is 2.41. The molecule has 8 nitrogen and oxygen atoms in total. The van der Waals surface area contributed by atoms with E-state index in [2.05, 4.69) is 20.2 Å². The SMILES string of the molecule is CCC1Cc2c(nn(C)c2-c2cc(F)c(F)c(F)c2)C(CC)N1C(=O)c1ncnc2c1cnn2C. The Morgan fingerprint density at radius 3 is 2.43 bits per heavy atom. The van der Waals surface area contributed by atoms with Gasteiger partial charge in [-0.25, -0.2) is 23.1 Å². The van der Waals surface area contributed by atoms with E-state index < -0.39 is 17.5 Å². The van der Waals surface area contributed by atoms with Crippen molar-refractivity contribution in [2.45, 2.75) is 45.2 Å². The molecule has 1 aromatic carbocycles. The summed E-state index contributed by atoms with van der Waals surface area (Å²) in [5.41, 5.74) is 3.00. The lowest BCUT2D eigenvalue weighted by atomic mass is 9.87. The van der Waals surface area contributed by atoms with Crippen LogP contribution in [0.4, 0.5) is 13.2 Å². The molecule has 0 aliphatic carbocycles. The Balaban J connectivity index is 1.64. The molecule has 0 fully saturated rings. The molecule has 35 heavy (non-hydrogen) atoms. The van der Waals surface area contributed by atoms with Gasteiger partial charge in [0.25, 0.3) is 5.91 Å². The van der Waals surface area contributed by atoms with Crippen LogP contribution >= 0.6 is 0 Å². The maximum Gasteiger partial charge on any atom is 0.274 e. The normalized spacial score (nSPS) is 17.7. The first-order valence-electron chi connectivity index (χ1n) is 11.4. The van der Waals surface area contributed by atoms with Crippen LogP contribution in [0.15, 0.2) is 24.7 Å². The highest BCUT2D eigenvalue weighted by Crippen LogP contribution is 2.41. The van der Waals surface area contributed by atoms with Crippen molar-refractivity contribution < 1.29 is 18.0 Å². The molecule has 0 N–H and O–H groups in total. The topological polar surface area (TPSA) is 81.7 Å². The van der Waals surface area contributed by atoms with Gasteiger partial charge in [0.1, 0.15) is 12.0 Å². The predicted molar refractivity (Wildman–Crippen MR) is 122 cm³/mol. The van der Waals surface area contributed by atoms with Gasteiger partial charge in [-0.2, -0.15) is 10.2 Å². The summed E-state index contributed by atoms with van der Waals surface area (Å²) in [6.45, 7) is 3.94. The molecular formula is C24H24F3N7O. The fraction of sp³-hybridized carbons (Fsp3) is 0.375. The molecule has 4 heterocycles. The van der Waals surface area contributed by atoms with Gasteiger partial charge in [0.15, 0.2) is 23.1 Å². The Labute approximate surface area is 199 Å². The van der Waals surface area contributed by atoms with Crippen molar-refractivity contribution in [1.29, 1.82) is 0 Å². The zero-order valence-corrected chi connectivity index (χ0v) is 19.8. The van der Waals surface area contributed by atoms with E-state index in [4.69, 9.17) is 0 Å². The third-order valence-electron chi connectivity index (χ3n) is 6.74. The van der Waals surface area contributed by atoms with Gasteiger partial charge in [0.2, 0.25) is 0 Å². The first-order valence-corrected chi connectivity index (χ1v) is 11.4. The number of nitrogens with zero attached hydrogens (tertiary/aromatic N) is 7. The summed E-state index contributed by atoms with van der Waals surface area (Å²) in [5, 5.41) is 9.43. The van der Waals surface area contributed by atoms with Crippen molar-refractivity contribution in [1.82, 2.24) is 34.4 Å². The molecule has 1 aliphatic heterocycles. The second-order valence-corrected chi connectivity index (χ2v) is 8.72. The largest absolute Gasteiger partial charge is 0.325 e. The van der Waals surface area contributed by atoms with Crippen LogP contribution in [0.25, 0.3) is 22.3 Å². The van der Waals surface area contributed by atoms with E-state index in [-0.39, 0.29) is 29.2 Å². The number of halogens is 3. The van der Waals surface area contributed by atoms with Gasteiger partial charge >= 0.3 is 0 Å². The third-order valence-corrected chi connectivity index (χ3v) is 6.74. The van der Waals surface area contributed by atoms with Gasteiger partial charge in [-0.1, -0.05) is 13.8 Å². The molecule has 2 atom stereocenters. The van der Waals surface area contributed by atoms with Gasteiger partial charge in [-0.3, -0.25) is 14.2 Å². The minimum atomic E-state index is -1.51. The van der Waals surface area contributed by atoms with E-state index in [1.807, 2.05) is 13.8 Å². The number of amides is 1. The number of fused-ring (bicyclic) bond motifs is 2. The first-order chi connectivity index (χ1) is 16.8. The second kappa shape index (κ2) is 8.47. The third kappa shape index (κ3) is 3.48. The molecule has 0 saturated carbocycles. The number of carbonyl (C=O) groups is 1. The smallest absolute Gasteiger partial charge is 0.274 e. The van der Waals surface area contributed by atoms with Crippen LogP contribution in [0.2, 0.25) is 0 Å². The molecule has 0 bridgehead atoms. The van der Waals surface area contributed by atoms with Crippen LogP contribution in [0.3, 0.4) is 0 Å². The van der Waals surface area contributed by atoms with Gasteiger partial charge < -0.3 is 4.90 Å². The highest BCUT2D eigenvalue weighted by molar-refractivity contribution is 6.03. The number of benzene rings is 1. The lowest BCUT2D eigenvalue weighted by Gasteiger charge is -2.41. The van der Waals surface area contributed by atoms with Crippen molar-refractivity contribution in [3.05, 3.63) is 59.1 Å². The van der Waals surface area contributed by atoms with Crippen molar-refractivity contribution >= 4 is 16.9 Å². The van der Waals surface area contributed by atoms with Crippen molar-refractivity contribution in [2.24, 2.45) is 14.1 Å². The van der Waals surface area contributed by atoms with Crippen molar-refractivity contribution in [2.75, 3.05) is 0 Å². The molecule has 182 valence electrons. The Bertz CT molecular complexity index is 1440. The van der Waals surface area contributed by atoms with Gasteiger partial charge in [-0.05, 0) is 31.4 Å². The van der Waals surface area contributed by atoms with Crippen LogP contribution < -0.4 is 0 Å². The quantitative estimate of drug-likeness (QED) is 0.408. The van der Waals surface area contributed by atoms with E-state index in [0.29, 0.717) is 41.7 Å². The lowest BCUT2D eigenvalue weighted by molar-refractivity contribution is 0.0509. The standard InChI is InChI=1S/C24H24F3N7O/c1-5-13-9-14-20(31-32(3)22(14)12-7-16(25)19(27)17(26)8-12)18(6-2)34(13)24(35)21-15-10-30-33(4)23(15)29-11-28-21/h7-8,10-11,13,18H,5-6,9H2,1-4H3. The average Bonchev–Trinajstić information content (AvgIpc) is 3.39. The van der Waals surface area contributed by atoms with E-state index in [0.717, 1.165) is 17.7 Å². The average molecular weight is 483 g/mol. The summed E-state index contributed by atoms with van der Waals surface area (Å²) in [6, 6.07) is 1.37. The molecule has 1 amide bonds. The molecule has 3 aromatic heterocycles. The molecular weight excluding hydrogens is 459 g/mol. The molecule has 0 saturated heterocycles. The highest BCUT2D eigenvalue weighted by atomic mass is 19.2. The Morgan fingerprint density at radius 1 is 1.06 bits per heavy atom. The summed E-state index contributed by atoms with van der Waals surface area (Å²) in [5.74, 6) is -4.27. The molecule has 5 rings (SSSR count). The van der Waals surface area contributed by atoms with Crippen LogP contribution in [-0.4, -0.2) is 46.4 Å². The molecule has 4 aromatic rings. The molecule has 0 spiro atoms. The number of aryl methyl sites for hydroxylation is 2. The number of hydrogen-bond acceptors (Lipinski definition) is 5. The zero-order chi connectivity index (χ0) is 25.0. The summed E-state index contributed by atoms with van der Waals surface area (Å²) >= 11 is 0. The predicted octanol–water partition coefficient (Wildman–Crippen LogP) is 4.11. The Hall–Kier alpha value is -3.76. The fourth-order valence-corrected chi connectivity index (χ4v) is 5.12. The van der Waals surface area contributed by atoms with Crippen molar-refractivity contribution in [3.8, 4) is 11.3 Å². The molecule has 11 heteroatoms. The van der Waals surface area contributed by atoms with Crippen LogP contribution in [0.5, 0.6) is 0 Å². The van der Waals surface area contributed by atoms with Crippen molar-refractivity contribution in [3.63, 3.8) is 0 Å². The zero-order valence-electron chi connectivity index (χ0n) is 19.8. The van der Waals surface area contributed by atoms with Gasteiger partial charge in [-0.15, -0.1) is 0 Å². The lowest BCUT2D eigenvalue weighted by Crippen LogP contribution is -2.47. The second-order valence-electron chi connectivity index (χ2n) is 8.72. The fourth-order valence-electron chi connectivity index (χ4n) is 5.12. The van der Waals surface area contributed by atoms with Gasteiger partial charge in [0.05, 0.1) is 29.0 Å². The molecule has 1 aliphatic rings. The molecule has 2 unspecified atom stereocenters. The van der Waals surface area contributed by atoms with E-state index in [1.165, 1.54) is 6.33 Å². The number of rotatable bonds is 4. The van der Waals surface area contributed by atoms with Crippen LogP contribution in [0, 0.1) is 17.5 Å². The maximum atomic E-state index is 14.1. The summed E-state index contributed by atoms with van der Waals surface area (Å²) in [4.78, 5) is 24.2. The Kier molecular flexibility index (Phi) is 5.57. The minimum Gasteiger partial charge on any atom is -0.325 e. The monoisotopic (exact) mass is 483 g/mol. The number of hydrogen-bond donors (Lipinski definition) is 0. The van der Waals surface area contributed by atoms with Gasteiger partial charge in [0, 0.05) is 31.3 Å². The minimum absolute atomic E-state index is 0.204. The Morgan fingerprint density at radius 2 is 1.77 bits per heavy atom. The van der Waals surface area contributed by atoms with E-state index >= 15 is 0 Å². The molecule has 0 radical (unpaired) electrons. The number of carbonyl (C=O) groups excluding carboxylic acids is 1. The van der Waals surface area contributed by atoms with Crippen LogP contribution in [0.1, 0.15) is 54.5 Å².